The number of nitrogens with zero attached hydrogens (tertiary/aromatic N) is 1. The fraction of sp³-hybridized carbons (Fsp3) is 0.438. The molecule has 0 radical (unpaired) electrons. The van der Waals surface area contributed by atoms with Gasteiger partial charge in [-0.3, -0.25) is 0 Å². The Labute approximate surface area is 113 Å². The third-order valence-electron chi connectivity index (χ3n) is 4.23. The molecule has 2 aliphatic rings. The maximum atomic E-state index is 12.1. The van der Waals surface area contributed by atoms with Gasteiger partial charge in [-0.25, -0.2) is 4.79 Å². The summed E-state index contributed by atoms with van der Waals surface area (Å²) in [5.74, 6) is 1.19. The van der Waals surface area contributed by atoms with Crippen LogP contribution in [0.3, 0.4) is 0 Å². The molecule has 0 aliphatic heterocycles. The van der Waals surface area contributed by atoms with E-state index in [1.165, 1.54) is 6.42 Å². The van der Waals surface area contributed by atoms with Crippen molar-refractivity contribution in [2.24, 2.45) is 11.8 Å². The number of hydrogen-bond acceptors (Lipinski definition) is 2. The van der Waals surface area contributed by atoms with E-state index in [-0.39, 0.29) is 6.09 Å². The normalized spacial score (nSPS) is 27.5. The number of rotatable bonds is 3. The lowest BCUT2D eigenvalue weighted by molar-refractivity contribution is 0.0864. The van der Waals surface area contributed by atoms with Crippen LogP contribution in [0.2, 0.25) is 0 Å². The number of benzene rings is 1. The van der Waals surface area contributed by atoms with E-state index in [0.29, 0.717) is 24.5 Å². The summed E-state index contributed by atoms with van der Waals surface area (Å²) in [5, 5.41) is 0. The van der Waals surface area contributed by atoms with E-state index in [9.17, 15) is 4.79 Å². The van der Waals surface area contributed by atoms with E-state index < -0.39 is 0 Å². The Morgan fingerprint density at radius 3 is 2.68 bits per heavy atom. The molecule has 1 aromatic rings. The first kappa shape index (κ1) is 12.3. The lowest BCUT2D eigenvalue weighted by Gasteiger charge is -2.28. The summed E-state index contributed by atoms with van der Waals surface area (Å²) in [6.45, 7) is 0.348. The predicted octanol–water partition coefficient (Wildman–Crippen LogP) is 3.22. The van der Waals surface area contributed by atoms with Crippen LogP contribution >= 0.6 is 0 Å². The van der Waals surface area contributed by atoms with Crippen LogP contribution in [0.15, 0.2) is 42.5 Å². The molecule has 0 spiro atoms. The van der Waals surface area contributed by atoms with Crippen molar-refractivity contribution in [2.75, 3.05) is 7.05 Å². The summed E-state index contributed by atoms with van der Waals surface area (Å²) >= 11 is 0. The Bertz CT molecular complexity index is 483. The molecule has 1 fully saturated rings. The first-order valence-electron chi connectivity index (χ1n) is 6.86. The first-order chi connectivity index (χ1) is 9.24. The maximum absolute atomic E-state index is 12.1. The molecular weight excluding hydrogens is 238 g/mol. The molecule has 1 amide bonds. The van der Waals surface area contributed by atoms with Crippen molar-refractivity contribution >= 4 is 6.09 Å². The van der Waals surface area contributed by atoms with Crippen LogP contribution in [-0.4, -0.2) is 24.1 Å². The summed E-state index contributed by atoms with van der Waals surface area (Å²) in [7, 11) is 1.85. The van der Waals surface area contributed by atoms with E-state index in [1.807, 2.05) is 37.4 Å². The van der Waals surface area contributed by atoms with Gasteiger partial charge in [0.15, 0.2) is 0 Å². The van der Waals surface area contributed by atoms with Gasteiger partial charge in [0, 0.05) is 13.1 Å². The summed E-state index contributed by atoms with van der Waals surface area (Å²) in [6.07, 6.45) is 6.60. The van der Waals surface area contributed by atoms with Crippen LogP contribution in [0.4, 0.5) is 4.79 Å². The summed E-state index contributed by atoms with van der Waals surface area (Å²) in [6, 6.07) is 10.1. The van der Waals surface area contributed by atoms with Crippen molar-refractivity contribution in [1.82, 2.24) is 4.90 Å². The summed E-state index contributed by atoms with van der Waals surface area (Å²) < 4.78 is 5.37. The molecule has 0 heterocycles. The van der Waals surface area contributed by atoms with Gasteiger partial charge in [-0.1, -0.05) is 42.5 Å². The second-order valence-corrected chi connectivity index (χ2v) is 5.50. The van der Waals surface area contributed by atoms with Crippen LogP contribution in [0.1, 0.15) is 18.4 Å². The molecule has 1 aromatic carbocycles. The largest absolute Gasteiger partial charge is 0.445 e. The highest BCUT2D eigenvalue weighted by Gasteiger charge is 2.39. The number of hydrogen-bond donors (Lipinski definition) is 0. The van der Waals surface area contributed by atoms with E-state index in [0.717, 1.165) is 12.0 Å². The van der Waals surface area contributed by atoms with E-state index in [1.54, 1.807) is 4.90 Å². The molecule has 2 aliphatic carbocycles. The first-order valence-corrected chi connectivity index (χ1v) is 6.86. The van der Waals surface area contributed by atoms with Crippen LogP contribution < -0.4 is 0 Å². The van der Waals surface area contributed by atoms with Crippen molar-refractivity contribution < 1.29 is 9.53 Å². The van der Waals surface area contributed by atoms with Crippen LogP contribution in [-0.2, 0) is 11.3 Å². The number of carbonyl (C=O) groups is 1. The van der Waals surface area contributed by atoms with Gasteiger partial charge >= 0.3 is 6.09 Å². The molecular formula is C16H19NO2. The molecule has 0 aromatic heterocycles. The van der Waals surface area contributed by atoms with Gasteiger partial charge < -0.3 is 9.64 Å². The van der Waals surface area contributed by atoms with Gasteiger partial charge in [0.2, 0.25) is 0 Å². The average Bonchev–Trinajstić information content (AvgIpc) is 3.07. The lowest BCUT2D eigenvalue weighted by Crippen LogP contribution is -2.39. The number of carbonyl (C=O) groups excluding carboxylic acids is 1. The van der Waals surface area contributed by atoms with Gasteiger partial charge in [-0.2, -0.15) is 0 Å². The average molecular weight is 257 g/mol. The fourth-order valence-electron chi connectivity index (χ4n) is 3.15. The van der Waals surface area contributed by atoms with Gasteiger partial charge in [-0.15, -0.1) is 0 Å². The molecule has 1 unspecified atom stereocenters. The Morgan fingerprint density at radius 2 is 2.05 bits per heavy atom. The SMILES string of the molecule is CN(C(=O)OCc1ccccc1)[C@@H]1CC2C=C[C@H]1C2. The highest BCUT2D eigenvalue weighted by atomic mass is 16.6. The van der Waals surface area contributed by atoms with E-state index in [2.05, 4.69) is 12.2 Å². The third kappa shape index (κ3) is 2.50. The maximum Gasteiger partial charge on any atom is 0.410 e. The Balaban J connectivity index is 1.54. The number of allylic oxidation sites excluding steroid dienone is 1. The van der Waals surface area contributed by atoms with E-state index >= 15 is 0 Å². The minimum atomic E-state index is -0.213. The molecule has 19 heavy (non-hydrogen) atoms. The minimum Gasteiger partial charge on any atom is -0.445 e. The molecule has 3 nitrogen and oxygen atoms in total. The zero-order valence-electron chi connectivity index (χ0n) is 11.2. The standard InChI is InChI=1S/C16H19NO2/c1-17(15-10-13-7-8-14(15)9-13)16(18)19-11-12-5-3-2-4-6-12/h2-8,13-15H,9-11H2,1H3/t13?,14-,15+/m0/s1. The minimum absolute atomic E-state index is 0.213. The zero-order chi connectivity index (χ0) is 13.2. The quantitative estimate of drug-likeness (QED) is 0.778. The van der Waals surface area contributed by atoms with Crippen molar-refractivity contribution in [3.05, 3.63) is 48.0 Å². The third-order valence-corrected chi connectivity index (χ3v) is 4.23. The van der Waals surface area contributed by atoms with Crippen LogP contribution in [0.5, 0.6) is 0 Å². The molecule has 0 N–H and O–H groups in total. The zero-order valence-corrected chi connectivity index (χ0v) is 11.2. The Kier molecular flexibility index (Phi) is 3.28. The topological polar surface area (TPSA) is 29.5 Å². The molecule has 1 saturated carbocycles. The molecule has 0 saturated heterocycles. The smallest absolute Gasteiger partial charge is 0.410 e. The van der Waals surface area contributed by atoms with Gasteiger partial charge in [0.05, 0.1) is 0 Å². The lowest BCUT2D eigenvalue weighted by atomic mass is 10.0. The monoisotopic (exact) mass is 257 g/mol. The van der Waals surface area contributed by atoms with Crippen molar-refractivity contribution in [3.63, 3.8) is 0 Å². The van der Waals surface area contributed by atoms with Gasteiger partial charge in [0.1, 0.15) is 6.61 Å². The Morgan fingerprint density at radius 1 is 1.26 bits per heavy atom. The second-order valence-electron chi connectivity index (χ2n) is 5.50. The number of fused-ring (bicyclic) bond motifs is 2. The second kappa shape index (κ2) is 5.08. The van der Waals surface area contributed by atoms with E-state index in [4.69, 9.17) is 4.74 Å². The fourth-order valence-corrected chi connectivity index (χ4v) is 3.15. The van der Waals surface area contributed by atoms with Crippen LogP contribution in [0, 0.1) is 11.8 Å². The van der Waals surface area contributed by atoms with Gasteiger partial charge in [0.25, 0.3) is 0 Å². The summed E-state index contributed by atoms with van der Waals surface area (Å²) in [5.41, 5.74) is 1.03. The molecule has 100 valence electrons. The summed E-state index contributed by atoms with van der Waals surface area (Å²) in [4.78, 5) is 13.8. The molecule has 3 rings (SSSR count). The van der Waals surface area contributed by atoms with Crippen molar-refractivity contribution in [2.45, 2.75) is 25.5 Å². The predicted molar refractivity (Wildman–Crippen MR) is 73.5 cm³/mol. The number of amides is 1. The molecule has 3 atom stereocenters. The van der Waals surface area contributed by atoms with Crippen molar-refractivity contribution in [1.29, 1.82) is 0 Å². The highest BCUT2D eigenvalue weighted by Crippen LogP contribution is 2.41. The van der Waals surface area contributed by atoms with Gasteiger partial charge in [-0.05, 0) is 30.2 Å². The molecule has 2 bridgehead atoms. The Hall–Kier alpha value is -1.77. The number of ether oxygens (including phenoxy) is 1. The van der Waals surface area contributed by atoms with Crippen LogP contribution in [0.25, 0.3) is 0 Å². The molecule has 3 heteroatoms. The highest BCUT2D eigenvalue weighted by molar-refractivity contribution is 5.68. The van der Waals surface area contributed by atoms with Crippen molar-refractivity contribution in [3.8, 4) is 0 Å².